The minimum Gasteiger partial charge on any atom is -0.497 e. The lowest BCUT2D eigenvalue weighted by atomic mass is 10.2. The molecule has 2 aromatic heterocycles. The number of thiazole rings is 1. The normalized spacial score (nSPS) is 10.9. The minimum absolute atomic E-state index is 0.0911. The molecule has 7 nitrogen and oxygen atoms in total. The molecule has 0 aliphatic heterocycles. The molecule has 0 atom stereocenters. The molecule has 0 saturated heterocycles. The third-order valence-corrected chi connectivity index (χ3v) is 5.31. The van der Waals surface area contributed by atoms with Crippen molar-refractivity contribution in [1.82, 2.24) is 14.8 Å². The van der Waals surface area contributed by atoms with E-state index in [-0.39, 0.29) is 12.5 Å². The summed E-state index contributed by atoms with van der Waals surface area (Å²) in [4.78, 5) is 17.1. The number of aryl methyl sites for hydroxylation is 2. The molecule has 0 bridgehead atoms. The van der Waals surface area contributed by atoms with Gasteiger partial charge in [0.2, 0.25) is 5.13 Å². The van der Waals surface area contributed by atoms with E-state index in [1.807, 2.05) is 56.3 Å². The van der Waals surface area contributed by atoms with E-state index < -0.39 is 0 Å². The Kier molecular flexibility index (Phi) is 5.18. The highest BCUT2D eigenvalue weighted by atomic mass is 32.1. The van der Waals surface area contributed by atoms with Crippen molar-refractivity contribution >= 4 is 33.3 Å². The van der Waals surface area contributed by atoms with E-state index in [1.54, 1.807) is 17.9 Å². The van der Waals surface area contributed by atoms with Crippen molar-refractivity contribution in [3.63, 3.8) is 0 Å². The average Bonchev–Trinajstić information content (AvgIpc) is 3.29. The van der Waals surface area contributed by atoms with E-state index in [1.165, 1.54) is 11.3 Å². The van der Waals surface area contributed by atoms with Gasteiger partial charge in [-0.2, -0.15) is 9.78 Å². The second-order valence-electron chi connectivity index (χ2n) is 6.52. The van der Waals surface area contributed by atoms with Gasteiger partial charge in [0.05, 0.1) is 23.0 Å². The Morgan fingerprint density at radius 1 is 1.17 bits per heavy atom. The number of ether oxygens (including phenoxy) is 2. The lowest BCUT2D eigenvalue weighted by Gasteiger charge is -2.09. The van der Waals surface area contributed by atoms with Crippen molar-refractivity contribution in [2.75, 3.05) is 19.0 Å². The van der Waals surface area contributed by atoms with Crippen LogP contribution >= 0.6 is 11.3 Å². The Balaban J connectivity index is 1.54. The second-order valence-corrected chi connectivity index (χ2v) is 7.52. The SMILES string of the molecule is COc1ccc2nc(-n3nc(C)cc3NC(=O)COc3ccccc3C)sc2c1. The molecule has 0 saturated carbocycles. The van der Waals surface area contributed by atoms with Gasteiger partial charge >= 0.3 is 0 Å². The highest BCUT2D eigenvalue weighted by Gasteiger charge is 2.15. The van der Waals surface area contributed by atoms with Gasteiger partial charge in [-0.3, -0.25) is 4.79 Å². The first kappa shape index (κ1) is 18.9. The number of rotatable bonds is 6. The Hall–Kier alpha value is -3.39. The molecular formula is C21H20N4O3S. The summed E-state index contributed by atoms with van der Waals surface area (Å²) in [6, 6.07) is 15.1. The van der Waals surface area contributed by atoms with Crippen molar-refractivity contribution in [3.8, 4) is 16.6 Å². The quantitative estimate of drug-likeness (QED) is 0.519. The van der Waals surface area contributed by atoms with Gasteiger partial charge < -0.3 is 14.8 Å². The van der Waals surface area contributed by atoms with Gasteiger partial charge in [-0.15, -0.1) is 0 Å². The molecule has 148 valence electrons. The molecular weight excluding hydrogens is 388 g/mol. The van der Waals surface area contributed by atoms with Crippen LogP contribution in [0.1, 0.15) is 11.3 Å². The lowest BCUT2D eigenvalue weighted by molar-refractivity contribution is -0.118. The van der Waals surface area contributed by atoms with Gasteiger partial charge in [0.15, 0.2) is 6.61 Å². The predicted octanol–water partition coefficient (Wildman–Crippen LogP) is 4.12. The van der Waals surface area contributed by atoms with Crippen LogP contribution in [0, 0.1) is 13.8 Å². The third-order valence-electron chi connectivity index (χ3n) is 4.32. The van der Waals surface area contributed by atoms with Gasteiger partial charge in [0.1, 0.15) is 17.3 Å². The van der Waals surface area contributed by atoms with Crippen molar-refractivity contribution in [2.24, 2.45) is 0 Å². The fourth-order valence-electron chi connectivity index (χ4n) is 2.89. The van der Waals surface area contributed by atoms with Crippen LogP contribution in [0.2, 0.25) is 0 Å². The molecule has 4 rings (SSSR count). The molecule has 1 amide bonds. The molecule has 0 radical (unpaired) electrons. The summed E-state index contributed by atoms with van der Waals surface area (Å²) in [7, 11) is 1.63. The zero-order chi connectivity index (χ0) is 20.4. The Bertz CT molecular complexity index is 1180. The van der Waals surface area contributed by atoms with E-state index >= 15 is 0 Å². The summed E-state index contributed by atoms with van der Waals surface area (Å²) in [5.41, 5.74) is 2.60. The largest absolute Gasteiger partial charge is 0.497 e. The van der Waals surface area contributed by atoms with Crippen LogP contribution in [0.5, 0.6) is 11.5 Å². The summed E-state index contributed by atoms with van der Waals surface area (Å²) in [5, 5.41) is 8.01. The first-order chi connectivity index (χ1) is 14.0. The van der Waals surface area contributed by atoms with E-state index in [0.29, 0.717) is 16.7 Å². The topological polar surface area (TPSA) is 78.3 Å². The van der Waals surface area contributed by atoms with E-state index in [0.717, 1.165) is 27.2 Å². The number of hydrogen-bond acceptors (Lipinski definition) is 6. The molecule has 29 heavy (non-hydrogen) atoms. The zero-order valence-corrected chi connectivity index (χ0v) is 17.1. The number of hydrogen-bond donors (Lipinski definition) is 1. The van der Waals surface area contributed by atoms with Crippen molar-refractivity contribution in [2.45, 2.75) is 13.8 Å². The number of carbonyl (C=O) groups is 1. The summed E-state index contributed by atoms with van der Waals surface area (Å²) < 4.78 is 13.5. The summed E-state index contributed by atoms with van der Waals surface area (Å²) in [6.45, 7) is 3.71. The summed E-state index contributed by atoms with van der Waals surface area (Å²) in [6.07, 6.45) is 0. The number of amides is 1. The van der Waals surface area contributed by atoms with Crippen molar-refractivity contribution in [3.05, 3.63) is 59.8 Å². The molecule has 0 unspecified atom stereocenters. The smallest absolute Gasteiger partial charge is 0.263 e. The molecule has 8 heteroatoms. The minimum atomic E-state index is -0.266. The molecule has 0 fully saturated rings. The maximum atomic E-state index is 12.4. The number of para-hydroxylation sites is 1. The third kappa shape index (κ3) is 4.07. The number of aromatic nitrogens is 3. The van der Waals surface area contributed by atoms with Crippen molar-refractivity contribution in [1.29, 1.82) is 0 Å². The van der Waals surface area contributed by atoms with Gasteiger partial charge in [-0.05, 0) is 43.7 Å². The van der Waals surface area contributed by atoms with E-state index in [4.69, 9.17) is 9.47 Å². The molecule has 0 aliphatic rings. The van der Waals surface area contributed by atoms with Crippen LogP contribution in [0.3, 0.4) is 0 Å². The first-order valence-corrected chi connectivity index (χ1v) is 9.85. The van der Waals surface area contributed by atoms with Gasteiger partial charge in [0.25, 0.3) is 5.91 Å². The van der Waals surface area contributed by atoms with E-state index in [2.05, 4.69) is 15.4 Å². The van der Waals surface area contributed by atoms with Crippen LogP contribution in [0.15, 0.2) is 48.5 Å². The molecule has 2 aromatic carbocycles. The number of fused-ring (bicyclic) bond motifs is 1. The van der Waals surface area contributed by atoms with Crippen LogP contribution in [-0.2, 0) is 4.79 Å². The first-order valence-electron chi connectivity index (χ1n) is 9.03. The number of carbonyl (C=O) groups excluding carboxylic acids is 1. The zero-order valence-electron chi connectivity index (χ0n) is 16.3. The van der Waals surface area contributed by atoms with Gasteiger partial charge in [0, 0.05) is 6.07 Å². The molecule has 2 heterocycles. The van der Waals surface area contributed by atoms with Crippen LogP contribution in [0.4, 0.5) is 5.82 Å². The number of benzene rings is 2. The van der Waals surface area contributed by atoms with E-state index in [9.17, 15) is 4.79 Å². The Labute approximate surface area is 171 Å². The number of nitrogens with one attached hydrogen (secondary N) is 1. The number of anilines is 1. The summed E-state index contributed by atoms with van der Waals surface area (Å²) >= 11 is 1.47. The van der Waals surface area contributed by atoms with Gasteiger partial charge in [-0.25, -0.2) is 4.98 Å². The number of nitrogens with zero attached hydrogens (tertiary/aromatic N) is 3. The lowest BCUT2D eigenvalue weighted by Crippen LogP contribution is -2.22. The molecule has 0 spiro atoms. The second kappa shape index (κ2) is 7.92. The molecule has 4 aromatic rings. The Morgan fingerprint density at radius 3 is 2.79 bits per heavy atom. The predicted molar refractivity (Wildman–Crippen MR) is 113 cm³/mol. The van der Waals surface area contributed by atoms with Crippen molar-refractivity contribution < 1.29 is 14.3 Å². The van der Waals surface area contributed by atoms with Crippen LogP contribution in [-0.4, -0.2) is 34.4 Å². The molecule has 1 N–H and O–H groups in total. The highest BCUT2D eigenvalue weighted by Crippen LogP contribution is 2.30. The summed E-state index contributed by atoms with van der Waals surface area (Å²) in [5.74, 6) is 1.74. The fraction of sp³-hybridized carbons (Fsp3) is 0.190. The standard InChI is InChI=1S/C21H20N4O3S/c1-13-6-4-5-7-17(13)28-12-20(26)23-19-10-14(2)24-25(19)21-22-16-9-8-15(27-3)11-18(16)29-21/h4-11H,12H2,1-3H3,(H,23,26). The maximum Gasteiger partial charge on any atom is 0.263 e. The fourth-order valence-corrected chi connectivity index (χ4v) is 3.84. The number of methoxy groups -OCH3 is 1. The van der Waals surface area contributed by atoms with Gasteiger partial charge in [-0.1, -0.05) is 29.5 Å². The Morgan fingerprint density at radius 2 is 2.00 bits per heavy atom. The highest BCUT2D eigenvalue weighted by molar-refractivity contribution is 7.20. The van der Waals surface area contributed by atoms with Crippen LogP contribution in [0.25, 0.3) is 15.3 Å². The monoisotopic (exact) mass is 408 g/mol. The van der Waals surface area contributed by atoms with Crippen LogP contribution < -0.4 is 14.8 Å². The molecule has 0 aliphatic carbocycles. The average molecular weight is 408 g/mol. The maximum absolute atomic E-state index is 12.4.